The van der Waals surface area contributed by atoms with Gasteiger partial charge in [-0.05, 0) is 60.3 Å². The number of primary amides is 1. The molecule has 0 bridgehead atoms. The molecule has 26 heavy (non-hydrogen) atoms. The fourth-order valence-corrected chi connectivity index (χ4v) is 2.70. The molecule has 0 saturated heterocycles. The first kappa shape index (κ1) is 17.8. The van der Waals surface area contributed by atoms with Crippen LogP contribution in [0.15, 0.2) is 59.8 Å². The lowest BCUT2D eigenvalue weighted by atomic mass is 10.2. The van der Waals surface area contributed by atoms with E-state index in [1.165, 1.54) is 35.3 Å². The molecule has 1 heterocycles. The zero-order valence-corrected chi connectivity index (χ0v) is 13.9. The second kappa shape index (κ2) is 7.08. The number of carbonyl (C=O) groups is 1. The maximum atomic E-state index is 12.4. The molecule has 0 spiro atoms. The van der Waals surface area contributed by atoms with Crippen LogP contribution in [0.3, 0.4) is 0 Å². The van der Waals surface area contributed by atoms with Crippen LogP contribution in [0.1, 0.15) is 0 Å². The number of benzene rings is 2. The molecule has 0 unspecified atom stereocenters. The van der Waals surface area contributed by atoms with Crippen LogP contribution in [0, 0.1) is 0 Å². The number of urea groups is 1. The van der Waals surface area contributed by atoms with Crippen LogP contribution in [0.4, 0.5) is 23.7 Å². The minimum Gasteiger partial charge on any atom is -0.351 e. The molecule has 3 aromatic rings. The van der Waals surface area contributed by atoms with Crippen LogP contribution in [-0.4, -0.2) is 26.3 Å². The molecule has 3 N–H and O–H groups in total. The lowest BCUT2D eigenvalue weighted by molar-refractivity contribution is -0.0328. The first-order valence-electron chi connectivity index (χ1n) is 7.25. The van der Waals surface area contributed by atoms with E-state index < -0.39 is 11.5 Å². The van der Waals surface area contributed by atoms with Crippen molar-refractivity contribution >= 4 is 23.5 Å². The van der Waals surface area contributed by atoms with E-state index in [1.54, 1.807) is 24.3 Å². The smallest absolute Gasteiger partial charge is 0.351 e. The molecule has 10 heteroatoms. The Bertz CT molecular complexity index is 907. The summed E-state index contributed by atoms with van der Waals surface area (Å²) >= 11 is -0.172. The second-order valence-electron chi connectivity index (χ2n) is 5.12. The van der Waals surface area contributed by atoms with Gasteiger partial charge in [0.05, 0.1) is 5.69 Å². The van der Waals surface area contributed by atoms with Gasteiger partial charge in [0, 0.05) is 16.1 Å². The molecule has 0 radical (unpaired) electrons. The summed E-state index contributed by atoms with van der Waals surface area (Å²) in [5, 5.41) is 6.76. The number of nitrogens with zero attached hydrogens (tertiary/aromatic N) is 3. The molecule has 2 aromatic carbocycles. The summed E-state index contributed by atoms with van der Waals surface area (Å²) in [5.74, 6) is 0.435. The Labute approximate surface area is 150 Å². The van der Waals surface area contributed by atoms with Gasteiger partial charge in [0.2, 0.25) is 0 Å². The molecule has 0 atom stereocenters. The topological polar surface area (TPSA) is 85.8 Å². The van der Waals surface area contributed by atoms with E-state index in [0.29, 0.717) is 22.8 Å². The van der Waals surface area contributed by atoms with Gasteiger partial charge in [-0.2, -0.15) is 13.2 Å². The van der Waals surface area contributed by atoms with E-state index in [0.717, 1.165) is 0 Å². The number of carbonyl (C=O) groups excluding carboxylic acids is 1. The number of aromatic nitrogens is 3. The van der Waals surface area contributed by atoms with Crippen molar-refractivity contribution in [2.45, 2.75) is 10.4 Å². The average molecular weight is 379 g/mol. The summed E-state index contributed by atoms with van der Waals surface area (Å²) in [6, 6.07) is 11.9. The minimum absolute atomic E-state index is 0.0964. The van der Waals surface area contributed by atoms with E-state index in [1.807, 2.05) is 0 Å². The Morgan fingerprint density at radius 3 is 2.31 bits per heavy atom. The summed E-state index contributed by atoms with van der Waals surface area (Å²) in [6.07, 6.45) is 1.47. The summed E-state index contributed by atoms with van der Waals surface area (Å²) < 4.78 is 38.5. The molecule has 0 aliphatic heterocycles. The number of hydrogen-bond acceptors (Lipinski definition) is 4. The van der Waals surface area contributed by atoms with Crippen molar-refractivity contribution in [2.24, 2.45) is 5.73 Å². The van der Waals surface area contributed by atoms with Gasteiger partial charge < -0.3 is 11.1 Å². The molecular weight excluding hydrogens is 367 g/mol. The molecule has 3 rings (SSSR count). The normalized spacial score (nSPS) is 11.3. The summed E-state index contributed by atoms with van der Waals surface area (Å²) in [5.41, 5.74) is 2.56. The third kappa shape index (κ3) is 4.54. The maximum absolute atomic E-state index is 12.4. The average Bonchev–Trinajstić information content (AvgIpc) is 3.04. The van der Waals surface area contributed by atoms with Gasteiger partial charge >= 0.3 is 11.5 Å². The van der Waals surface area contributed by atoms with Gasteiger partial charge in [0.15, 0.2) is 5.82 Å². The zero-order valence-electron chi connectivity index (χ0n) is 13.1. The van der Waals surface area contributed by atoms with Crippen molar-refractivity contribution in [1.29, 1.82) is 0 Å². The van der Waals surface area contributed by atoms with Gasteiger partial charge in [-0.25, -0.2) is 14.5 Å². The zero-order chi connectivity index (χ0) is 18.7. The van der Waals surface area contributed by atoms with Crippen molar-refractivity contribution in [2.75, 3.05) is 5.32 Å². The number of rotatable bonds is 4. The molecule has 0 aliphatic carbocycles. The van der Waals surface area contributed by atoms with Gasteiger partial charge in [-0.3, -0.25) is 0 Å². The number of nitrogens with two attached hydrogens (primary N) is 1. The van der Waals surface area contributed by atoms with E-state index in [-0.39, 0.29) is 16.7 Å². The third-order valence-electron chi connectivity index (χ3n) is 3.24. The Kier molecular flexibility index (Phi) is 4.85. The Balaban J connectivity index is 1.76. The van der Waals surface area contributed by atoms with Gasteiger partial charge in [0.1, 0.15) is 6.33 Å². The highest BCUT2D eigenvalue weighted by molar-refractivity contribution is 8.00. The van der Waals surface area contributed by atoms with Crippen molar-refractivity contribution in [3.05, 3.63) is 54.9 Å². The van der Waals surface area contributed by atoms with Crippen LogP contribution in [0.25, 0.3) is 17.1 Å². The number of halogens is 3. The summed E-state index contributed by atoms with van der Waals surface area (Å²) in [4.78, 5) is 15.1. The fourth-order valence-electron chi connectivity index (χ4n) is 2.17. The number of amides is 2. The van der Waals surface area contributed by atoms with Crippen LogP contribution >= 0.6 is 11.8 Å². The number of hydrogen-bond donors (Lipinski definition) is 2. The quantitative estimate of drug-likeness (QED) is 0.670. The molecule has 6 nitrogen and oxygen atoms in total. The number of nitrogens with one attached hydrogen (secondary N) is 1. The van der Waals surface area contributed by atoms with Crippen molar-refractivity contribution in [3.8, 4) is 17.1 Å². The van der Waals surface area contributed by atoms with Crippen LogP contribution in [-0.2, 0) is 0 Å². The predicted molar refractivity (Wildman–Crippen MR) is 91.9 cm³/mol. The Morgan fingerprint density at radius 1 is 1.08 bits per heavy atom. The first-order valence-corrected chi connectivity index (χ1v) is 8.06. The standard InChI is InChI=1S/C16H12F3N5OS/c17-16(18,19)26-13-7-5-12(6-8-13)24-9-21-14(23-24)10-1-3-11(4-2-10)22-15(20)25/h1-9H,(H3,20,22,25). The third-order valence-corrected chi connectivity index (χ3v) is 3.98. The second-order valence-corrected chi connectivity index (χ2v) is 6.26. The maximum Gasteiger partial charge on any atom is 0.446 e. The van der Waals surface area contributed by atoms with Gasteiger partial charge in [-0.1, -0.05) is 0 Å². The largest absolute Gasteiger partial charge is 0.446 e. The molecule has 0 fully saturated rings. The van der Waals surface area contributed by atoms with E-state index in [9.17, 15) is 18.0 Å². The molecule has 2 amide bonds. The monoisotopic (exact) mass is 379 g/mol. The van der Waals surface area contributed by atoms with Crippen LogP contribution < -0.4 is 11.1 Å². The SMILES string of the molecule is NC(=O)Nc1ccc(-c2ncn(-c3ccc(SC(F)(F)F)cc3)n2)cc1. The van der Waals surface area contributed by atoms with E-state index in [2.05, 4.69) is 15.4 Å². The summed E-state index contributed by atoms with van der Waals surface area (Å²) in [6.45, 7) is 0. The molecule has 0 aliphatic rings. The highest BCUT2D eigenvalue weighted by Crippen LogP contribution is 2.36. The number of alkyl halides is 3. The fraction of sp³-hybridized carbons (Fsp3) is 0.0625. The molecule has 134 valence electrons. The van der Waals surface area contributed by atoms with Crippen molar-refractivity contribution in [3.63, 3.8) is 0 Å². The highest BCUT2D eigenvalue weighted by atomic mass is 32.2. The van der Waals surface area contributed by atoms with Crippen molar-refractivity contribution in [1.82, 2.24) is 14.8 Å². The lowest BCUT2D eigenvalue weighted by Gasteiger charge is -2.06. The van der Waals surface area contributed by atoms with Gasteiger partial charge in [-0.15, -0.1) is 5.10 Å². The molecular formula is C16H12F3N5OS. The number of anilines is 1. The highest BCUT2D eigenvalue weighted by Gasteiger charge is 2.29. The molecule has 0 saturated carbocycles. The summed E-state index contributed by atoms with van der Waals surface area (Å²) in [7, 11) is 0. The van der Waals surface area contributed by atoms with Crippen LogP contribution in [0.2, 0.25) is 0 Å². The minimum atomic E-state index is -4.32. The lowest BCUT2D eigenvalue weighted by Crippen LogP contribution is -2.19. The Hall–Kier alpha value is -3.01. The number of thioether (sulfide) groups is 1. The van der Waals surface area contributed by atoms with Crippen molar-refractivity contribution < 1.29 is 18.0 Å². The van der Waals surface area contributed by atoms with E-state index >= 15 is 0 Å². The van der Waals surface area contributed by atoms with E-state index in [4.69, 9.17) is 5.73 Å². The first-order chi connectivity index (χ1) is 12.3. The van der Waals surface area contributed by atoms with Crippen LogP contribution in [0.5, 0.6) is 0 Å². The van der Waals surface area contributed by atoms with Gasteiger partial charge in [0.25, 0.3) is 0 Å². The predicted octanol–water partition coefficient (Wildman–Crippen LogP) is 4.04. The molecule has 1 aromatic heterocycles. The Morgan fingerprint density at radius 2 is 1.73 bits per heavy atom.